The van der Waals surface area contributed by atoms with Gasteiger partial charge in [0.05, 0.1) is 5.92 Å². The van der Waals surface area contributed by atoms with Gasteiger partial charge < -0.3 is 10.2 Å². The van der Waals surface area contributed by atoms with E-state index < -0.39 is 6.17 Å². The van der Waals surface area contributed by atoms with Gasteiger partial charge >= 0.3 is 0 Å². The summed E-state index contributed by atoms with van der Waals surface area (Å²) in [6.07, 6.45) is 0.793. The Bertz CT molecular complexity index is 259. The summed E-state index contributed by atoms with van der Waals surface area (Å²) in [7, 11) is 0. The first-order valence-electron chi connectivity index (χ1n) is 5.40. The molecule has 0 aromatic heterocycles. The minimum atomic E-state index is -0.852. The first-order chi connectivity index (χ1) is 6.74. The van der Waals surface area contributed by atoms with Crippen LogP contribution in [0.3, 0.4) is 0 Å². The third-order valence-corrected chi connectivity index (χ3v) is 3.57. The van der Waals surface area contributed by atoms with Gasteiger partial charge in [0, 0.05) is 25.7 Å². The van der Waals surface area contributed by atoms with Crippen LogP contribution in [0.5, 0.6) is 0 Å². The van der Waals surface area contributed by atoms with Gasteiger partial charge in [0.1, 0.15) is 6.17 Å². The van der Waals surface area contributed by atoms with Crippen molar-refractivity contribution in [1.82, 2.24) is 10.2 Å². The van der Waals surface area contributed by atoms with Crippen molar-refractivity contribution in [1.29, 1.82) is 0 Å². The van der Waals surface area contributed by atoms with Crippen LogP contribution in [0, 0.1) is 11.8 Å². The molecule has 1 N–H and O–H groups in total. The molecular formula is C10H15FN2O. The van der Waals surface area contributed by atoms with Crippen LogP contribution < -0.4 is 5.32 Å². The molecule has 1 amide bonds. The zero-order valence-electron chi connectivity index (χ0n) is 8.08. The van der Waals surface area contributed by atoms with E-state index in [4.69, 9.17) is 0 Å². The van der Waals surface area contributed by atoms with Crippen molar-refractivity contribution in [2.45, 2.75) is 25.1 Å². The molecule has 3 fully saturated rings. The fourth-order valence-corrected chi connectivity index (χ4v) is 2.67. The van der Waals surface area contributed by atoms with Gasteiger partial charge in [-0.15, -0.1) is 0 Å². The molecule has 1 saturated carbocycles. The molecule has 2 aliphatic heterocycles. The number of nitrogens with zero attached hydrogens (tertiary/aromatic N) is 1. The lowest BCUT2D eigenvalue weighted by molar-refractivity contribution is -0.134. The maximum atomic E-state index is 12.7. The summed E-state index contributed by atoms with van der Waals surface area (Å²) < 4.78 is 12.7. The molecule has 3 rings (SSSR count). The molecular weight excluding hydrogens is 183 g/mol. The Kier molecular flexibility index (Phi) is 1.81. The number of hydrogen-bond donors (Lipinski definition) is 1. The predicted octanol–water partition coefficient (Wildman–Crippen LogP) is 0.165. The zero-order valence-corrected chi connectivity index (χ0v) is 8.08. The molecule has 2 heterocycles. The van der Waals surface area contributed by atoms with Crippen LogP contribution in [0.4, 0.5) is 4.39 Å². The standard InChI is InChI=1S/C10H15FN2O/c11-9-2-8(9)10(14)13-4-6-1-7(5-13)12-3-6/h6-9,12H,1-5H2/t6-,7-,8+,9-/m0/s1. The number of carbonyl (C=O) groups excluding carboxylic acids is 1. The minimum Gasteiger partial charge on any atom is -0.340 e. The molecule has 78 valence electrons. The van der Waals surface area contributed by atoms with Gasteiger partial charge in [-0.2, -0.15) is 0 Å². The van der Waals surface area contributed by atoms with Gasteiger partial charge in [-0.25, -0.2) is 4.39 Å². The highest BCUT2D eigenvalue weighted by atomic mass is 19.1. The average Bonchev–Trinajstić information content (AvgIpc) is 2.82. The minimum absolute atomic E-state index is 0.0518. The highest BCUT2D eigenvalue weighted by molar-refractivity contribution is 5.82. The molecule has 3 nitrogen and oxygen atoms in total. The topological polar surface area (TPSA) is 32.3 Å². The van der Waals surface area contributed by atoms with E-state index in [2.05, 4.69) is 5.32 Å². The number of alkyl halides is 1. The second-order valence-electron chi connectivity index (χ2n) is 4.81. The largest absolute Gasteiger partial charge is 0.340 e. The Morgan fingerprint density at radius 3 is 2.79 bits per heavy atom. The maximum absolute atomic E-state index is 12.7. The van der Waals surface area contributed by atoms with Gasteiger partial charge in [-0.3, -0.25) is 4.79 Å². The lowest BCUT2D eigenvalue weighted by Crippen LogP contribution is -2.45. The van der Waals surface area contributed by atoms with E-state index in [1.807, 2.05) is 4.90 Å². The van der Waals surface area contributed by atoms with E-state index in [0.29, 0.717) is 18.4 Å². The van der Waals surface area contributed by atoms with Gasteiger partial charge in [-0.05, 0) is 18.8 Å². The van der Waals surface area contributed by atoms with Crippen molar-refractivity contribution in [2.24, 2.45) is 11.8 Å². The van der Waals surface area contributed by atoms with E-state index in [9.17, 15) is 9.18 Å². The second kappa shape index (κ2) is 2.92. The highest BCUT2D eigenvalue weighted by Crippen LogP contribution is 2.36. The van der Waals surface area contributed by atoms with E-state index >= 15 is 0 Å². The van der Waals surface area contributed by atoms with Crippen molar-refractivity contribution in [3.05, 3.63) is 0 Å². The van der Waals surface area contributed by atoms with Crippen LogP contribution in [-0.4, -0.2) is 42.7 Å². The van der Waals surface area contributed by atoms with Crippen molar-refractivity contribution >= 4 is 5.91 Å². The Balaban J connectivity index is 1.65. The van der Waals surface area contributed by atoms with E-state index in [-0.39, 0.29) is 11.8 Å². The molecule has 2 bridgehead atoms. The summed E-state index contributed by atoms with van der Waals surface area (Å²) in [6, 6.07) is 0.467. The van der Waals surface area contributed by atoms with Crippen LogP contribution in [0.25, 0.3) is 0 Å². The molecule has 1 aliphatic carbocycles. The van der Waals surface area contributed by atoms with Crippen LogP contribution in [-0.2, 0) is 4.79 Å². The molecule has 4 heteroatoms. The van der Waals surface area contributed by atoms with Crippen LogP contribution in [0.1, 0.15) is 12.8 Å². The Morgan fingerprint density at radius 2 is 2.14 bits per heavy atom. The van der Waals surface area contributed by atoms with Crippen LogP contribution in [0.2, 0.25) is 0 Å². The summed E-state index contributed by atoms with van der Waals surface area (Å²) >= 11 is 0. The van der Waals surface area contributed by atoms with Gasteiger partial charge in [-0.1, -0.05) is 0 Å². The predicted molar refractivity (Wildman–Crippen MR) is 49.5 cm³/mol. The molecule has 0 radical (unpaired) electrons. The number of likely N-dealkylation sites (tertiary alicyclic amines) is 1. The SMILES string of the molecule is O=C([C@@H]1C[C@@H]1F)N1C[C@@H]2CN[C@@H](C2)C1. The quantitative estimate of drug-likeness (QED) is 0.651. The Morgan fingerprint density at radius 1 is 1.36 bits per heavy atom. The molecule has 0 spiro atoms. The number of halogens is 1. The molecule has 4 atom stereocenters. The summed E-state index contributed by atoms with van der Waals surface area (Å²) in [6.45, 7) is 2.66. The molecule has 3 aliphatic rings. The lowest BCUT2D eigenvalue weighted by atomic mass is 9.99. The van der Waals surface area contributed by atoms with Gasteiger partial charge in [0.15, 0.2) is 0 Å². The number of carbonyl (C=O) groups is 1. The third kappa shape index (κ3) is 1.32. The third-order valence-electron chi connectivity index (χ3n) is 3.57. The van der Waals surface area contributed by atoms with Gasteiger partial charge in [0.25, 0.3) is 0 Å². The number of hydrogen-bond acceptors (Lipinski definition) is 2. The number of piperidine rings is 1. The van der Waals surface area contributed by atoms with Crippen molar-refractivity contribution in [3.8, 4) is 0 Å². The van der Waals surface area contributed by atoms with Crippen LogP contribution in [0.15, 0.2) is 0 Å². The van der Waals surface area contributed by atoms with Crippen molar-refractivity contribution in [3.63, 3.8) is 0 Å². The van der Waals surface area contributed by atoms with Gasteiger partial charge in [0.2, 0.25) is 5.91 Å². The Hall–Kier alpha value is -0.640. The smallest absolute Gasteiger partial charge is 0.228 e. The summed E-state index contributed by atoms with van der Waals surface area (Å²) in [5.74, 6) is 0.359. The summed E-state index contributed by atoms with van der Waals surface area (Å²) in [4.78, 5) is 13.6. The molecule has 2 saturated heterocycles. The summed E-state index contributed by atoms with van der Waals surface area (Å²) in [5.41, 5.74) is 0. The fourth-order valence-electron chi connectivity index (χ4n) is 2.67. The number of rotatable bonds is 1. The van der Waals surface area contributed by atoms with E-state index in [1.54, 1.807) is 0 Å². The molecule has 0 aromatic carbocycles. The molecule has 14 heavy (non-hydrogen) atoms. The first kappa shape index (κ1) is 8.65. The molecule has 0 aromatic rings. The highest BCUT2D eigenvalue weighted by Gasteiger charge is 2.47. The zero-order chi connectivity index (χ0) is 9.71. The summed E-state index contributed by atoms with van der Waals surface area (Å²) in [5, 5.41) is 3.39. The van der Waals surface area contributed by atoms with E-state index in [1.165, 1.54) is 6.42 Å². The van der Waals surface area contributed by atoms with Crippen molar-refractivity contribution < 1.29 is 9.18 Å². The van der Waals surface area contributed by atoms with Crippen molar-refractivity contribution in [2.75, 3.05) is 19.6 Å². The first-order valence-corrected chi connectivity index (χ1v) is 5.40. The maximum Gasteiger partial charge on any atom is 0.228 e. The monoisotopic (exact) mass is 198 g/mol. The average molecular weight is 198 g/mol. The number of amides is 1. The lowest BCUT2D eigenvalue weighted by Gasteiger charge is -2.31. The van der Waals surface area contributed by atoms with E-state index in [0.717, 1.165) is 19.6 Å². The number of fused-ring (bicyclic) bond motifs is 2. The van der Waals surface area contributed by atoms with Crippen LogP contribution >= 0.6 is 0 Å². The fraction of sp³-hybridized carbons (Fsp3) is 0.900. The Labute approximate surface area is 82.6 Å². The molecule has 0 unspecified atom stereocenters. The number of nitrogens with one attached hydrogen (secondary N) is 1. The second-order valence-corrected chi connectivity index (χ2v) is 4.81. The normalized spacial score (nSPS) is 45.4.